The second-order valence-electron chi connectivity index (χ2n) is 6.83. The fourth-order valence-electron chi connectivity index (χ4n) is 3.07. The Balaban J connectivity index is 1.77. The van der Waals surface area contributed by atoms with Crippen molar-refractivity contribution in [3.63, 3.8) is 0 Å². The van der Waals surface area contributed by atoms with E-state index in [0.717, 1.165) is 6.20 Å². The summed E-state index contributed by atoms with van der Waals surface area (Å²) in [6.07, 6.45) is -5.74. The SMILES string of the molecule is C=C(O)c1ccc(C(=O)N2C[C@H](Nc3cncc(C(F)(F)F)n3)[C@@H](O)[C@@H](O)C2)cc1. The van der Waals surface area contributed by atoms with Gasteiger partial charge in [-0.1, -0.05) is 18.7 Å². The number of aromatic nitrogens is 2. The number of piperidine rings is 1. The number of hydrogen-bond donors (Lipinski definition) is 4. The number of aliphatic hydroxyl groups is 3. The molecule has 0 bridgehead atoms. The van der Waals surface area contributed by atoms with Crippen molar-refractivity contribution in [1.82, 2.24) is 14.9 Å². The lowest BCUT2D eigenvalue weighted by molar-refractivity contribution is -0.141. The fourth-order valence-corrected chi connectivity index (χ4v) is 3.07. The zero-order valence-electron chi connectivity index (χ0n) is 15.5. The maximum absolute atomic E-state index is 12.8. The van der Waals surface area contributed by atoms with Gasteiger partial charge in [0, 0.05) is 24.2 Å². The van der Waals surface area contributed by atoms with Crippen molar-refractivity contribution in [3.8, 4) is 0 Å². The highest BCUT2D eigenvalue weighted by molar-refractivity contribution is 5.94. The number of nitrogens with one attached hydrogen (secondary N) is 1. The molecule has 0 aliphatic carbocycles. The second-order valence-corrected chi connectivity index (χ2v) is 6.83. The number of alkyl halides is 3. The van der Waals surface area contributed by atoms with Crippen LogP contribution in [0.4, 0.5) is 19.0 Å². The zero-order chi connectivity index (χ0) is 22.1. The molecule has 0 unspecified atom stereocenters. The summed E-state index contributed by atoms with van der Waals surface area (Å²) in [5.41, 5.74) is -0.513. The molecule has 30 heavy (non-hydrogen) atoms. The first-order valence-corrected chi connectivity index (χ1v) is 8.85. The molecule has 2 aromatic rings. The van der Waals surface area contributed by atoms with Gasteiger partial charge in [-0.25, -0.2) is 4.98 Å². The Morgan fingerprint density at radius 1 is 1.13 bits per heavy atom. The highest BCUT2D eigenvalue weighted by atomic mass is 19.4. The molecule has 8 nitrogen and oxygen atoms in total. The molecule has 1 aromatic heterocycles. The van der Waals surface area contributed by atoms with Gasteiger partial charge in [0.15, 0.2) is 5.69 Å². The third-order valence-corrected chi connectivity index (χ3v) is 4.64. The van der Waals surface area contributed by atoms with Crippen molar-refractivity contribution < 1.29 is 33.3 Å². The van der Waals surface area contributed by atoms with E-state index in [-0.39, 0.29) is 30.2 Å². The summed E-state index contributed by atoms with van der Waals surface area (Å²) in [5.74, 6) is -0.865. The van der Waals surface area contributed by atoms with E-state index in [1.165, 1.54) is 29.2 Å². The van der Waals surface area contributed by atoms with E-state index in [4.69, 9.17) is 0 Å². The van der Waals surface area contributed by atoms with Crippen LogP contribution in [0.1, 0.15) is 21.6 Å². The number of halogens is 3. The van der Waals surface area contributed by atoms with Crippen molar-refractivity contribution in [2.75, 3.05) is 18.4 Å². The molecule has 1 saturated heterocycles. The summed E-state index contributed by atoms with van der Waals surface area (Å²) < 4.78 is 38.5. The van der Waals surface area contributed by atoms with Gasteiger partial charge in [0.05, 0.1) is 24.5 Å². The van der Waals surface area contributed by atoms with Crippen molar-refractivity contribution in [3.05, 3.63) is 60.1 Å². The summed E-state index contributed by atoms with van der Waals surface area (Å²) in [7, 11) is 0. The predicted molar refractivity (Wildman–Crippen MR) is 100 cm³/mol. The lowest BCUT2D eigenvalue weighted by Crippen LogP contribution is -2.59. The summed E-state index contributed by atoms with van der Waals surface area (Å²) in [6.45, 7) is 3.13. The maximum Gasteiger partial charge on any atom is 0.434 e. The molecule has 1 aliphatic rings. The molecule has 160 valence electrons. The van der Waals surface area contributed by atoms with Crippen LogP contribution in [0, 0.1) is 0 Å². The van der Waals surface area contributed by atoms with Crippen molar-refractivity contribution in [1.29, 1.82) is 0 Å². The van der Waals surface area contributed by atoms with E-state index < -0.39 is 36.0 Å². The Morgan fingerprint density at radius 3 is 2.37 bits per heavy atom. The number of β-amino-alcohol motifs (C(OH)–C–C–N with tert-alkyl or cyclic N) is 1. The van der Waals surface area contributed by atoms with Gasteiger partial charge in [-0.2, -0.15) is 13.2 Å². The zero-order valence-corrected chi connectivity index (χ0v) is 15.5. The van der Waals surface area contributed by atoms with Crippen LogP contribution in [0.3, 0.4) is 0 Å². The van der Waals surface area contributed by atoms with Crippen LogP contribution in [0.5, 0.6) is 0 Å². The van der Waals surface area contributed by atoms with E-state index in [0.29, 0.717) is 11.8 Å². The monoisotopic (exact) mass is 424 g/mol. The molecular formula is C19H19F3N4O4. The first kappa shape index (κ1) is 21.5. The fraction of sp³-hybridized carbons (Fsp3) is 0.316. The average molecular weight is 424 g/mol. The number of hydrogen-bond acceptors (Lipinski definition) is 7. The number of aliphatic hydroxyl groups excluding tert-OH is 3. The Labute approximate surface area is 169 Å². The molecule has 1 amide bonds. The van der Waals surface area contributed by atoms with E-state index in [1.54, 1.807) is 0 Å². The van der Waals surface area contributed by atoms with Crippen LogP contribution in [0.2, 0.25) is 0 Å². The average Bonchev–Trinajstić information content (AvgIpc) is 2.70. The van der Waals surface area contributed by atoms with Gasteiger partial charge >= 0.3 is 6.18 Å². The van der Waals surface area contributed by atoms with Crippen LogP contribution in [0.15, 0.2) is 43.2 Å². The van der Waals surface area contributed by atoms with Crippen molar-refractivity contribution in [2.24, 2.45) is 0 Å². The normalized spacial score (nSPS) is 21.9. The molecule has 3 rings (SSSR count). The predicted octanol–water partition coefficient (Wildman–Crippen LogP) is 1.68. The van der Waals surface area contributed by atoms with E-state index in [9.17, 15) is 33.3 Å². The summed E-state index contributed by atoms with van der Waals surface area (Å²) >= 11 is 0. The van der Waals surface area contributed by atoms with Crippen LogP contribution in [0.25, 0.3) is 5.76 Å². The summed E-state index contributed by atoms with van der Waals surface area (Å²) in [6, 6.07) is 4.96. The number of carbonyl (C=O) groups is 1. The van der Waals surface area contributed by atoms with Gasteiger partial charge < -0.3 is 25.5 Å². The number of nitrogens with zero attached hydrogens (tertiary/aromatic N) is 3. The number of rotatable bonds is 4. The number of carbonyl (C=O) groups excluding carboxylic acids is 1. The van der Waals surface area contributed by atoms with Gasteiger partial charge in [-0.05, 0) is 12.1 Å². The minimum Gasteiger partial charge on any atom is -0.508 e. The van der Waals surface area contributed by atoms with Crippen LogP contribution >= 0.6 is 0 Å². The molecule has 1 aromatic carbocycles. The Hall–Kier alpha value is -3.18. The molecule has 1 aliphatic heterocycles. The van der Waals surface area contributed by atoms with E-state index >= 15 is 0 Å². The Kier molecular flexibility index (Phi) is 5.94. The van der Waals surface area contributed by atoms with E-state index in [2.05, 4.69) is 21.9 Å². The molecule has 0 spiro atoms. The number of benzene rings is 1. The molecule has 3 atom stereocenters. The van der Waals surface area contributed by atoms with Crippen LogP contribution < -0.4 is 5.32 Å². The van der Waals surface area contributed by atoms with Gasteiger partial charge in [-0.3, -0.25) is 9.78 Å². The Bertz CT molecular complexity index is 936. The summed E-state index contributed by atoms with van der Waals surface area (Å²) in [4.78, 5) is 20.9. The van der Waals surface area contributed by atoms with Gasteiger partial charge in [0.2, 0.25) is 0 Å². The first-order chi connectivity index (χ1) is 14.1. The smallest absolute Gasteiger partial charge is 0.434 e. The third-order valence-electron chi connectivity index (χ3n) is 4.64. The van der Waals surface area contributed by atoms with E-state index in [1.807, 2.05) is 0 Å². The van der Waals surface area contributed by atoms with Gasteiger partial charge in [-0.15, -0.1) is 0 Å². The van der Waals surface area contributed by atoms with Gasteiger partial charge in [0.25, 0.3) is 5.91 Å². The third kappa shape index (κ3) is 4.69. The second kappa shape index (κ2) is 8.28. The lowest BCUT2D eigenvalue weighted by Gasteiger charge is -2.39. The number of amides is 1. The largest absolute Gasteiger partial charge is 0.508 e. The minimum atomic E-state index is -4.69. The van der Waals surface area contributed by atoms with Gasteiger partial charge in [0.1, 0.15) is 17.7 Å². The standard InChI is InChI=1S/C19H19F3N4O4/c1-10(27)11-2-4-12(5-3-11)18(30)26-8-13(17(29)14(28)9-26)24-16-7-23-6-15(25-16)19(20,21)22/h2-7,13-14,17,27-29H,1,8-9H2,(H,24,25)/t13-,14-,17+/m0/s1. The molecule has 0 saturated carbocycles. The number of anilines is 1. The Morgan fingerprint density at radius 2 is 1.77 bits per heavy atom. The highest BCUT2D eigenvalue weighted by Crippen LogP contribution is 2.28. The van der Waals surface area contributed by atoms with Crippen molar-refractivity contribution in [2.45, 2.75) is 24.4 Å². The molecule has 1 fully saturated rings. The molecule has 0 radical (unpaired) electrons. The molecule has 11 heteroatoms. The maximum atomic E-state index is 12.8. The highest BCUT2D eigenvalue weighted by Gasteiger charge is 2.38. The quantitative estimate of drug-likeness (QED) is 0.552. The molecular weight excluding hydrogens is 405 g/mol. The summed E-state index contributed by atoms with van der Waals surface area (Å²) in [5, 5.41) is 32.4. The van der Waals surface area contributed by atoms with Crippen molar-refractivity contribution >= 4 is 17.5 Å². The first-order valence-electron chi connectivity index (χ1n) is 8.85. The molecule has 4 N–H and O–H groups in total. The lowest BCUT2D eigenvalue weighted by atomic mass is 9.98. The van der Waals surface area contributed by atoms with Crippen LogP contribution in [-0.4, -0.2) is 67.4 Å². The topological polar surface area (TPSA) is 119 Å². The minimum absolute atomic E-state index is 0.0938. The van der Waals surface area contributed by atoms with Crippen LogP contribution in [-0.2, 0) is 6.18 Å². The number of likely N-dealkylation sites (tertiary alicyclic amines) is 1. The molecule has 2 heterocycles.